The van der Waals surface area contributed by atoms with Crippen molar-refractivity contribution < 1.29 is 18.3 Å². The standard InChI is InChI=1S/C20H18F2N4O2/c1-11-4-7-18(28-3)16(8-11)25-20-23-12(2)9-17(26-20)19(27)24-15-6-5-13(21)10-14(15)22/h4-10H,1-3H3,(H,24,27)(H,23,25,26). The highest BCUT2D eigenvalue weighted by Crippen LogP contribution is 2.27. The number of halogens is 2. The lowest BCUT2D eigenvalue weighted by Crippen LogP contribution is -2.16. The minimum Gasteiger partial charge on any atom is -0.495 e. The first kappa shape index (κ1) is 19.2. The molecule has 2 N–H and O–H groups in total. The zero-order valence-corrected chi connectivity index (χ0v) is 15.5. The summed E-state index contributed by atoms with van der Waals surface area (Å²) in [5.74, 6) is -1.46. The van der Waals surface area contributed by atoms with Crippen LogP contribution in [0, 0.1) is 25.5 Å². The van der Waals surface area contributed by atoms with Crippen molar-refractivity contribution in [3.63, 3.8) is 0 Å². The number of ether oxygens (including phenoxy) is 1. The number of hydrogen-bond acceptors (Lipinski definition) is 5. The number of nitrogens with zero attached hydrogens (tertiary/aromatic N) is 2. The van der Waals surface area contributed by atoms with Gasteiger partial charge in [0, 0.05) is 11.8 Å². The molecule has 8 heteroatoms. The van der Waals surface area contributed by atoms with Gasteiger partial charge in [0.25, 0.3) is 5.91 Å². The number of amides is 1. The maximum absolute atomic E-state index is 13.8. The van der Waals surface area contributed by atoms with Gasteiger partial charge >= 0.3 is 0 Å². The summed E-state index contributed by atoms with van der Waals surface area (Å²) in [6.07, 6.45) is 0. The van der Waals surface area contributed by atoms with Crippen LogP contribution in [-0.4, -0.2) is 23.0 Å². The Labute approximate surface area is 160 Å². The normalized spacial score (nSPS) is 10.5. The van der Waals surface area contributed by atoms with Crippen molar-refractivity contribution in [1.29, 1.82) is 0 Å². The maximum Gasteiger partial charge on any atom is 0.274 e. The van der Waals surface area contributed by atoms with E-state index in [2.05, 4.69) is 20.6 Å². The predicted octanol–water partition coefficient (Wildman–Crippen LogP) is 4.38. The molecule has 1 heterocycles. The summed E-state index contributed by atoms with van der Waals surface area (Å²) in [4.78, 5) is 20.9. The van der Waals surface area contributed by atoms with Crippen LogP contribution in [0.4, 0.5) is 26.1 Å². The molecule has 0 saturated heterocycles. The summed E-state index contributed by atoms with van der Waals surface area (Å²) in [5, 5.41) is 5.41. The number of aryl methyl sites for hydroxylation is 2. The first-order valence-corrected chi connectivity index (χ1v) is 8.39. The third-order valence-electron chi connectivity index (χ3n) is 3.87. The summed E-state index contributed by atoms with van der Waals surface area (Å²) < 4.78 is 32.1. The fourth-order valence-electron chi connectivity index (χ4n) is 2.56. The van der Waals surface area contributed by atoms with Crippen LogP contribution in [0.2, 0.25) is 0 Å². The Morgan fingerprint density at radius 2 is 1.79 bits per heavy atom. The molecule has 0 unspecified atom stereocenters. The van der Waals surface area contributed by atoms with Gasteiger partial charge in [-0.3, -0.25) is 4.79 Å². The minimum absolute atomic E-state index is 0.0327. The van der Waals surface area contributed by atoms with Crippen molar-refractivity contribution in [2.75, 3.05) is 17.7 Å². The van der Waals surface area contributed by atoms with Crippen LogP contribution in [-0.2, 0) is 0 Å². The third kappa shape index (κ3) is 4.40. The average Bonchev–Trinajstić information content (AvgIpc) is 2.63. The zero-order chi connectivity index (χ0) is 20.3. The Kier molecular flexibility index (Phi) is 5.49. The number of carbonyl (C=O) groups is 1. The quantitative estimate of drug-likeness (QED) is 0.683. The summed E-state index contributed by atoms with van der Waals surface area (Å²) in [7, 11) is 1.54. The Bertz CT molecular complexity index is 1040. The predicted molar refractivity (Wildman–Crippen MR) is 102 cm³/mol. The number of nitrogens with one attached hydrogen (secondary N) is 2. The highest BCUT2D eigenvalue weighted by molar-refractivity contribution is 6.03. The lowest BCUT2D eigenvalue weighted by Gasteiger charge is -2.12. The fourth-order valence-corrected chi connectivity index (χ4v) is 2.56. The minimum atomic E-state index is -0.873. The molecule has 0 aliphatic carbocycles. The Balaban J connectivity index is 1.87. The number of rotatable bonds is 5. The van der Waals surface area contributed by atoms with Crippen molar-refractivity contribution in [2.45, 2.75) is 13.8 Å². The molecule has 28 heavy (non-hydrogen) atoms. The van der Waals surface area contributed by atoms with Crippen LogP contribution in [0.5, 0.6) is 5.75 Å². The van der Waals surface area contributed by atoms with E-state index in [1.807, 2.05) is 19.1 Å². The van der Waals surface area contributed by atoms with Gasteiger partial charge in [0.2, 0.25) is 5.95 Å². The smallest absolute Gasteiger partial charge is 0.274 e. The van der Waals surface area contributed by atoms with E-state index < -0.39 is 17.5 Å². The fraction of sp³-hybridized carbons (Fsp3) is 0.150. The molecular weight excluding hydrogens is 366 g/mol. The third-order valence-corrected chi connectivity index (χ3v) is 3.87. The van der Waals surface area contributed by atoms with Crippen molar-refractivity contribution in [1.82, 2.24) is 9.97 Å². The van der Waals surface area contributed by atoms with Crippen molar-refractivity contribution >= 4 is 23.2 Å². The molecule has 0 fully saturated rings. The monoisotopic (exact) mass is 384 g/mol. The maximum atomic E-state index is 13.8. The van der Waals surface area contributed by atoms with E-state index in [1.165, 1.54) is 6.07 Å². The number of aromatic nitrogens is 2. The van der Waals surface area contributed by atoms with Gasteiger partial charge in [-0.1, -0.05) is 6.07 Å². The van der Waals surface area contributed by atoms with E-state index >= 15 is 0 Å². The lowest BCUT2D eigenvalue weighted by atomic mass is 10.2. The molecule has 2 aromatic carbocycles. The second kappa shape index (κ2) is 7.99. The van der Waals surface area contributed by atoms with Gasteiger partial charge in [-0.25, -0.2) is 18.7 Å². The Morgan fingerprint density at radius 1 is 1.00 bits per heavy atom. The van der Waals surface area contributed by atoms with Crippen LogP contribution in [0.25, 0.3) is 0 Å². The summed E-state index contributed by atoms with van der Waals surface area (Å²) >= 11 is 0. The van der Waals surface area contributed by atoms with Crippen LogP contribution in [0.1, 0.15) is 21.7 Å². The molecule has 0 aliphatic rings. The summed E-state index contributed by atoms with van der Waals surface area (Å²) in [6, 6.07) is 9.93. The second-order valence-electron chi connectivity index (χ2n) is 6.13. The van der Waals surface area contributed by atoms with E-state index in [0.717, 1.165) is 17.7 Å². The molecule has 1 amide bonds. The number of anilines is 3. The van der Waals surface area contributed by atoms with Crippen molar-refractivity contribution in [3.05, 3.63) is 71.1 Å². The van der Waals surface area contributed by atoms with E-state index in [1.54, 1.807) is 20.1 Å². The SMILES string of the molecule is COc1ccc(C)cc1Nc1nc(C)cc(C(=O)Nc2ccc(F)cc2F)n1. The van der Waals surface area contributed by atoms with Gasteiger partial charge in [0.1, 0.15) is 23.1 Å². The van der Waals surface area contributed by atoms with Crippen molar-refractivity contribution in [2.24, 2.45) is 0 Å². The molecule has 1 aromatic heterocycles. The molecule has 0 saturated carbocycles. The zero-order valence-electron chi connectivity index (χ0n) is 15.5. The van der Waals surface area contributed by atoms with Gasteiger partial charge in [0.05, 0.1) is 18.5 Å². The first-order chi connectivity index (χ1) is 13.4. The molecule has 0 bridgehead atoms. The van der Waals surface area contributed by atoms with Gasteiger partial charge in [-0.2, -0.15) is 0 Å². The van der Waals surface area contributed by atoms with Crippen LogP contribution in [0.3, 0.4) is 0 Å². The van der Waals surface area contributed by atoms with Crippen LogP contribution < -0.4 is 15.4 Å². The molecule has 144 valence electrons. The van der Waals surface area contributed by atoms with Gasteiger partial charge in [-0.05, 0) is 49.7 Å². The van der Waals surface area contributed by atoms with E-state index in [0.29, 0.717) is 23.2 Å². The molecule has 6 nitrogen and oxygen atoms in total. The molecule has 0 aliphatic heterocycles. The van der Waals surface area contributed by atoms with Gasteiger partial charge in [0.15, 0.2) is 0 Å². The topological polar surface area (TPSA) is 76.1 Å². The highest BCUT2D eigenvalue weighted by atomic mass is 19.1. The number of carbonyl (C=O) groups excluding carboxylic acids is 1. The summed E-state index contributed by atoms with van der Waals surface area (Å²) in [5.41, 5.74) is 2.07. The molecule has 0 atom stereocenters. The second-order valence-corrected chi connectivity index (χ2v) is 6.13. The Morgan fingerprint density at radius 3 is 2.50 bits per heavy atom. The van der Waals surface area contributed by atoms with E-state index in [4.69, 9.17) is 4.74 Å². The first-order valence-electron chi connectivity index (χ1n) is 8.39. The van der Waals surface area contributed by atoms with E-state index in [9.17, 15) is 13.6 Å². The molecule has 0 spiro atoms. The largest absolute Gasteiger partial charge is 0.495 e. The lowest BCUT2D eigenvalue weighted by molar-refractivity contribution is 0.102. The molecular formula is C20H18F2N4O2. The van der Waals surface area contributed by atoms with Crippen LogP contribution >= 0.6 is 0 Å². The van der Waals surface area contributed by atoms with Crippen molar-refractivity contribution in [3.8, 4) is 5.75 Å². The number of benzene rings is 2. The number of hydrogen-bond donors (Lipinski definition) is 2. The Hall–Kier alpha value is -3.55. The van der Waals surface area contributed by atoms with Gasteiger partial charge in [-0.15, -0.1) is 0 Å². The molecule has 0 radical (unpaired) electrons. The van der Waals surface area contributed by atoms with E-state index in [-0.39, 0.29) is 17.3 Å². The molecule has 3 aromatic rings. The number of methoxy groups -OCH3 is 1. The summed E-state index contributed by atoms with van der Waals surface area (Å²) in [6.45, 7) is 3.63. The molecule has 3 rings (SSSR count). The van der Waals surface area contributed by atoms with Crippen LogP contribution in [0.15, 0.2) is 42.5 Å². The highest BCUT2D eigenvalue weighted by Gasteiger charge is 2.14. The van der Waals surface area contributed by atoms with Gasteiger partial charge < -0.3 is 15.4 Å². The average molecular weight is 384 g/mol.